The lowest BCUT2D eigenvalue weighted by molar-refractivity contribution is -0.121. The molecule has 0 fully saturated rings. The zero-order valence-electron chi connectivity index (χ0n) is 11.6. The van der Waals surface area contributed by atoms with Crippen LogP contribution in [0, 0.1) is 11.8 Å². The highest BCUT2D eigenvalue weighted by molar-refractivity contribution is 5.76. The normalized spacial score (nSPS) is 12.4. The third-order valence-electron chi connectivity index (χ3n) is 3.35. The standard InChI is InChI=1S/C15H24N2O/c1-11(2)12(3)10-17-15(18)8-7-13-5-4-6-14(16)9-13/h4-6,9,11-12H,7-8,10,16H2,1-3H3,(H,17,18). The van der Waals surface area contributed by atoms with Crippen molar-refractivity contribution in [2.75, 3.05) is 12.3 Å². The van der Waals surface area contributed by atoms with E-state index in [0.29, 0.717) is 18.3 Å². The van der Waals surface area contributed by atoms with Gasteiger partial charge in [0, 0.05) is 18.7 Å². The molecule has 3 nitrogen and oxygen atoms in total. The second-order valence-corrected chi connectivity index (χ2v) is 5.27. The minimum atomic E-state index is 0.116. The Morgan fingerprint density at radius 2 is 2.06 bits per heavy atom. The van der Waals surface area contributed by atoms with Gasteiger partial charge in [-0.05, 0) is 36.0 Å². The van der Waals surface area contributed by atoms with E-state index in [-0.39, 0.29) is 5.91 Å². The maximum Gasteiger partial charge on any atom is 0.220 e. The summed E-state index contributed by atoms with van der Waals surface area (Å²) in [5.41, 5.74) is 7.56. The van der Waals surface area contributed by atoms with Gasteiger partial charge in [-0.3, -0.25) is 4.79 Å². The van der Waals surface area contributed by atoms with E-state index >= 15 is 0 Å². The van der Waals surface area contributed by atoms with Crippen molar-refractivity contribution in [2.45, 2.75) is 33.6 Å². The van der Waals surface area contributed by atoms with Crippen molar-refractivity contribution in [3.8, 4) is 0 Å². The Kier molecular flexibility index (Phi) is 5.69. The van der Waals surface area contributed by atoms with Gasteiger partial charge in [-0.2, -0.15) is 0 Å². The van der Waals surface area contributed by atoms with E-state index in [0.717, 1.165) is 24.2 Å². The van der Waals surface area contributed by atoms with Crippen molar-refractivity contribution < 1.29 is 4.79 Å². The van der Waals surface area contributed by atoms with Crippen molar-refractivity contribution in [1.82, 2.24) is 5.32 Å². The van der Waals surface area contributed by atoms with Crippen LogP contribution in [0.1, 0.15) is 32.8 Å². The van der Waals surface area contributed by atoms with E-state index in [1.165, 1.54) is 0 Å². The molecule has 0 aliphatic heterocycles. The molecule has 0 radical (unpaired) electrons. The lowest BCUT2D eigenvalue weighted by atomic mass is 9.98. The number of hydrogen-bond donors (Lipinski definition) is 2. The van der Waals surface area contributed by atoms with E-state index < -0.39 is 0 Å². The molecule has 0 aliphatic carbocycles. The number of anilines is 1. The first kappa shape index (κ1) is 14.6. The van der Waals surface area contributed by atoms with Crippen LogP contribution < -0.4 is 11.1 Å². The Labute approximate surface area is 110 Å². The van der Waals surface area contributed by atoms with Gasteiger partial charge < -0.3 is 11.1 Å². The van der Waals surface area contributed by atoms with Gasteiger partial charge in [-0.15, -0.1) is 0 Å². The Bertz CT molecular complexity index is 388. The Hall–Kier alpha value is -1.51. The fraction of sp³-hybridized carbons (Fsp3) is 0.533. The molecule has 0 spiro atoms. The molecule has 18 heavy (non-hydrogen) atoms. The van der Waals surface area contributed by atoms with Crippen LogP contribution in [0.3, 0.4) is 0 Å². The molecule has 1 atom stereocenters. The number of nitrogens with two attached hydrogens (primary N) is 1. The van der Waals surface area contributed by atoms with Crippen molar-refractivity contribution in [3.05, 3.63) is 29.8 Å². The molecular formula is C15H24N2O. The summed E-state index contributed by atoms with van der Waals surface area (Å²) in [6.45, 7) is 7.25. The average Bonchev–Trinajstić information content (AvgIpc) is 2.33. The third-order valence-corrected chi connectivity index (χ3v) is 3.35. The largest absolute Gasteiger partial charge is 0.399 e. The highest BCUT2D eigenvalue weighted by Crippen LogP contribution is 2.10. The predicted octanol–water partition coefficient (Wildman–Crippen LogP) is 2.61. The van der Waals surface area contributed by atoms with Crippen LogP contribution >= 0.6 is 0 Å². The molecule has 0 saturated heterocycles. The van der Waals surface area contributed by atoms with Crippen molar-refractivity contribution in [2.24, 2.45) is 11.8 Å². The van der Waals surface area contributed by atoms with E-state index in [4.69, 9.17) is 5.73 Å². The molecule has 3 heteroatoms. The zero-order chi connectivity index (χ0) is 13.5. The smallest absolute Gasteiger partial charge is 0.220 e. The van der Waals surface area contributed by atoms with Gasteiger partial charge in [0.2, 0.25) is 5.91 Å². The number of carbonyl (C=O) groups is 1. The SMILES string of the molecule is CC(C)C(C)CNC(=O)CCc1cccc(N)c1. The Morgan fingerprint density at radius 3 is 2.67 bits per heavy atom. The van der Waals surface area contributed by atoms with Crippen molar-refractivity contribution >= 4 is 11.6 Å². The van der Waals surface area contributed by atoms with Gasteiger partial charge >= 0.3 is 0 Å². The maximum absolute atomic E-state index is 11.7. The van der Waals surface area contributed by atoms with Crippen LogP contribution in [0.25, 0.3) is 0 Å². The van der Waals surface area contributed by atoms with Gasteiger partial charge in [0.1, 0.15) is 0 Å². The highest BCUT2D eigenvalue weighted by atomic mass is 16.1. The van der Waals surface area contributed by atoms with Crippen LogP contribution in [-0.4, -0.2) is 12.5 Å². The summed E-state index contributed by atoms with van der Waals surface area (Å²) < 4.78 is 0. The first-order valence-electron chi connectivity index (χ1n) is 6.60. The fourth-order valence-corrected chi connectivity index (χ4v) is 1.61. The van der Waals surface area contributed by atoms with Gasteiger partial charge in [0.25, 0.3) is 0 Å². The number of hydrogen-bond acceptors (Lipinski definition) is 2. The molecule has 1 amide bonds. The molecule has 3 N–H and O–H groups in total. The summed E-state index contributed by atoms with van der Waals surface area (Å²) in [4.78, 5) is 11.7. The molecule has 0 saturated carbocycles. The van der Waals surface area contributed by atoms with Crippen LogP contribution in [0.5, 0.6) is 0 Å². The Morgan fingerprint density at radius 1 is 1.33 bits per heavy atom. The molecule has 0 heterocycles. The van der Waals surface area contributed by atoms with E-state index in [1.807, 2.05) is 24.3 Å². The summed E-state index contributed by atoms with van der Waals surface area (Å²) in [5, 5.41) is 2.98. The molecule has 1 aromatic rings. The van der Waals surface area contributed by atoms with Gasteiger partial charge in [0.05, 0.1) is 0 Å². The van der Waals surface area contributed by atoms with E-state index in [2.05, 4.69) is 26.1 Å². The number of benzene rings is 1. The number of nitrogens with one attached hydrogen (secondary N) is 1. The highest BCUT2D eigenvalue weighted by Gasteiger charge is 2.09. The zero-order valence-corrected chi connectivity index (χ0v) is 11.6. The second kappa shape index (κ2) is 7.04. The lowest BCUT2D eigenvalue weighted by Crippen LogP contribution is -2.30. The molecular weight excluding hydrogens is 224 g/mol. The van der Waals surface area contributed by atoms with Crippen LogP contribution in [0.2, 0.25) is 0 Å². The summed E-state index contributed by atoms with van der Waals surface area (Å²) in [7, 11) is 0. The van der Waals surface area contributed by atoms with Crippen molar-refractivity contribution in [3.63, 3.8) is 0 Å². The van der Waals surface area contributed by atoms with Gasteiger partial charge in [0.15, 0.2) is 0 Å². The minimum Gasteiger partial charge on any atom is -0.399 e. The molecule has 1 aromatic carbocycles. The molecule has 1 rings (SSSR count). The summed E-state index contributed by atoms with van der Waals surface area (Å²) in [6, 6.07) is 7.70. The average molecular weight is 248 g/mol. The summed E-state index contributed by atoms with van der Waals surface area (Å²) in [5.74, 6) is 1.23. The molecule has 0 aliphatic rings. The third kappa shape index (κ3) is 5.21. The lowest BCUT2D eigenvalue weighted by Gasteiger charge is -2.16. The first-order chi connectivity index (χ1) is 8.49. The first-order valence-corrected chi connectivity index (χ1v) is 6.60. The Balaban J connectivity index is 2.29. The van der Waals surface area contributed by atoms with Crippen LogP contribution in [-0.2, 0) is 11.2 Å². The molecule has 0 aromatic heterocycles. The monoisotopic (exact) mass is 248 g/mol. The maximum atomic E-state index is 11.7. The number of nitrogen functional groups attached to an aromatic ring is 1. The van der Waals surface area contributed by atoms with E-state index in [1.54, 1.807) is 0 Å². The van der Waals surface area contributed by atoms with Crippen molar-refractivity contribution in [1.29, 1.82) is 0 Å². The predicted molar refractivity (Wildman–Crippen MR) is 76.2 cm³/mol. The quantitative estimate of drug-likeness (QED) is 0.760. The molecule has 100 valence electrons. The number of rotatable bonds is 6. The fourth-order valence-electron chi connectivity index (χ4n) is 1.61. The van der Waals surface area contributed by atoms with E-state index in [9.17, 15) is 4.79 Å². The summed E-state index contributed by atoms with van der Waals surface area (Å²) >= 11 is 0. The summed E-state index contributed by atoms with van der Waals surface area (Å²) in [6.07, 6.45) is 1.27. The minimum absolute atomic E-state index is 0.116. The molecule has 1 unspecified atom stereocenters. The topological polar surface area (TPSA) is 55.1 Å². The second-order valence-electron chi connectivity index (χ2n) is 5.27. The molecule has 0 bridgehead atoms. The number of aryl methyl sites for hydroxylation is 1. The van der Waals surface area contributed by atoms with Gasteiger partial charge in [-0.25, -0.2) is 0 Å². The number of carbonyl (C=O) groups excluding carboxylic acids is 1. The number of amides is 1. The van der Waals surface area contributed by atoms with Crippen LogP contribution in [0.15, 0.2) is 24.3 Å². The van der Waals surface area contributed by atoms with Gasteiger partial charge in [-0.1, -0.05) is 32.9 Å². The van der Waals surface area contributed by atoms with Crippen LogP contribution in [0.4, 0.5) is 5.69 Å².